The van der Waals surface area contributed by atoms with Crippen LogP contribution >= 0.6 is 24.0 Å². The normalized spacial score (nSPS) is 16.9. The van der Waals surface area contributed by atoms with E-state index in [2.05, 4.69) is 60.2 Å². The van der Waals surface area contributed by atoms with Gasteiger partial charge in [-0.25, -0.2) is 4.99 Å². The highest BCUT2D eigenvalue weighted by Gasteiger charge is 2.16. The molecular formula is C19H33IN4. The summed E-state index contributed by atoms with van der Waals surface area (Å²) in [4.78, 5) is 7.06. The van der Waals surface area contributed by atoms with Crippen molar-refractivity contribution >= 4 is 29.9 Å². The van der Waals surface area contributed by atoms with Crippen LogP contribution in [0.25, 0.3) is 0 Å². The monoisotopic (exact) mass is 444 g/mol. The maximum atomic E-state index is 5.95. The first kappa shape index (κ1) is 21.2. The van der Waals surface area contributed by atoms with Gasteiger partial charge < -0.3 is 11.1 Å². The molecule has 0 amide bonds. The summed E-state index contributed by atoms with van der Waals surface area (Å²) in [6.45, 7) is 11.6. The van der Waals surface area contributed by atoms with Crippen LogP contribution in [0.4, 0.5) is 0 Å². The Labute approximate surface area is 164 Å². The Morgan fingerprint density at radius 1 is 1.25 bits per heavy atom. The number of nitrogens with one attached hydrogen (secondary N) is 1. The zero-order valence-electron chi connectivity index (χ0n) is 15.3. The second kappa shape index (κ2) is 10.9. The predicted molar refractivity (Wildman–Crippen MR) is 114 cm³/mol. The minimum absolute atomic E-state index is 0. The molecule has 1 aromatic rings. The van der Waals surface area contributed by atoms with E-state index in [0.717, 1.165) is 19.0 Å². The molecule has 2 rings (SSSR count). The van der Waals surface area contributed by atoms with Crippen LogP contribution in [0.2, 0.25) is 0 Å². The van der Waals surface area contributed by atoms with Crippen LogP contribution in [0.1, 0.15) is 44.7 Å². The number of nitrogens with two attached hydrogens (primary N) is 1. The summed E-state index contributed by atoms with van der Waals surface area (Å²) in [5.74, 6) is 1.98. The minimum Gasteiger partial charge on any atom is -0.370 e. The molecule has 0 aromatic heterocycles. The Bertz CT molecular complexity index is 508. The van der Waals surface area contributed by atoms with Crippen molar-refractivity contribution in [2.24, 2.45) is 22.6 Å². The topological polar surface area (TPSA) is 53.6 Å². The van der Waals surface area contributed by atoms with Gasteiger partial charge in [0.15, 0.2) is 5.96 Å². The number of guanidine groups is 1. The summed E-state index contributed by atoms with van der Waals surface area (Å²) in [5.41, 5.74) is 8.60. The number of likely N-dealkylation sites (tertiary alicyclic amines) is 1. The van der Waals surface area contributed by atoms with Gasteiger partial charge in [-0.2, -0.15) is 0 Å². The molecule has 1 heterocycles. The number of rotatable bonds is 6. The first-order valence-corrected chi connectivity index (χ1v) is 8.87. The number of nitrogens with zero attached hydrogens (tertiary/aromatic N) is 2. The van der Waals surface area contributed by atoms with Gasteiger partial charge in [0.25, 0.3) is 0 Å². The van der Waals surface area contributed by atoms with Crippen molar-refractivity contribution in [3.8, 4) is 0 Å². The van der Waals surface area contributed by atoms with E-state index in [0.29, 0.717) is 18.4 Å². The van der Waals surface area contributed by atoms with E-state index < -0.39 is 0 Å². The van der Waals surface area contributed by atoms with E-state index >= 15 is 0 Å². The second-order valence-electron chi connectivity index (χ2n) is 7.20. The quantitative estimate of drug-likeness (QED) is 0.401. The van der Waals surface area contributed by atoms with Crippen LogP contribution in [-0.4, -0.2) is 30.5 Å². The number of piperidine rings is 1. The van der Waals surface area contributed by atoms with Crippen LogP contribution in [-0.2, 0) is 13.1 Å². The number of hydrogen-bond donors (Lipinski definition) is 2. The Hall–Kier alpha value is -0.820. The lowest BCUT2D eigenvalue weighted by Crippen LogP contribution is -2.34. The average molecular weight is 444 g/mol. The van der Waals surface area contributed by atoms with E-state index in [1.807, 2.05) is 0 Å². The van der Waals surface area contributed by atoms with Crippen molar-refractivity contribution in [3.63, 3.8) is 0 Å². The number of aliphatic imine (C=N–C) groups is 1. The third-order valence-corrected chi connectivity index (χ3v) is 4.50. The van der Waals surface area contributed by atoms with Crippen molar-refractivity contribution < 1.29 is 0 Å². The van der Waals surface area contributed by atoms with E-state index in [9.17, 15) is 0 Å². The Balaban J connectivity index is 0.00000288. The predicted octanol–water partition coefficient (Wildman–Crippen LogP) is 3.60. The van der Waals surface area contributed by atoms with Gasteiger partial charge in [0.2, 0.25) is 0 Å². The Morgan fingerprint density at radius 3 is 2.50 bits per heavy atom. The summed E-state index contributed by atoms with van der Waals surface area (Å²) in [6, 6.07) is 8.60. The molecule has 1 fully saturated rings. The number of hydrogen-bond acceptors (Lipinski definition) is 2. The summed E-state index contributed by atoms with van der Waals surface area (Å²) < 4.78 is 0. The molecule has 1 aromatic carbocycles. The van der Waals surface area contributed by atoms with Crippen LogP contribution < -0.4 is 11.1 Å². The lowest BCUT2D eigenvalue weighted by molar-refractivity contribution is 0.185. The SMILES string of the molecule is CC(C)CNC(N)=NCc1ccccc1CN1CCC(C)CC1.I. The summed E-state index contributed by atoms with van der Waals surface area (Å²) in [6.07, 6.45) is 2.62. The third kappa shape index (κ3) is 7.38. The second-order valence-corrected chi connectivity index (χ2v) is 7.20. The molecule has 136 valence electrons. The molecule has 5 heteroatoms. The molecule has 1 aliphatic heterocycles. The van der Waals surface area contributed by atoms with Gasteiger partial charge in [-0.1, -0.05) is 45.0 Å². The maximum Gasteiger partial charge on any atom is 0.188 e. The number of halogens is 1. The van der Waals surface area contributed by atoms with Crippen molar-refractivity contribution in [1.82, 2.24) is 10.2 Å². The van der Waals surface area contributed by atoms with Gasteiger partial charge in [-0.3, -0.25) is 4.90 Å². The first-order chi connectivity index (χ1) is 11.0. The Morgan fingerprint density at radius 2 is 1.88 bits per heavy atom. The highest BCUT2D eigenvalue weighted by atomic mass is 127. The van der Waals surface area contributed by atoms with E-state index in [4.69, 9.17) is 5.73 Å². The van der Waals surface area contributed by atoms with Crippen molar-refractivity contribution in [1.29, 1.82) is 0 Å². The summed E-state index contributed by atoms with van der Waals surface area (Å²) in [5, 5.41) is 3.18. The van der Waals surface area contributed by atoms with Gasteiger partial charge in [-0.15, -0.1) is 24.0 Å². The summed E-state index contributed by atoms with van der Waals surface area (Å²) in [7, 11) is 0. The molecule has 1 aliphatic rings. The highest BCUT2D eigenvalue weighted by molar-refractivity contribution is 14.0. The fraction of sp³-hybridized carbons (Fsp3) is 0.632. The largest absolute Gasteiger partial charge is 0.370 e. The molecule has 0 unspecified atom stereocenters. The minimum atomic E-state index is 0. The summed E-state index contributed by atoms with van der Waals surface area (Å²) >= 11 is 0. The molecule has 0 aliphatic carbocycles. The van der Waals surface area contributed by atoms with Crippen LogP contribution in [0.3, 0.4) is 0 Å². The molecule has 0 spiro atoms. The third-order valence-electron chi connectivity index (χ3n) is 4.50. The Kier molecular flexibility index (Phi) is 9.66. The van der Waals surface area contributed by atoms with E-state index in [-0.39, 0.29) is 24.0 Å². The molecule has 1 saturated heterocycles. The fourth-order valence-electron chi connectivity index (χ4n) is 2.86. The van der Waals surface area contributed by atoms with Crippen molar-refractivity contribution in [2.45, 2.75) is 46.7 Å². The molecule has 3 N–H and O–H groups in total. The van der Waals surface area contributed by atoms with Gasteiger partial charge in [0.05, 0.1) is 6.54 Å². The van der Waals surface area contributed by atoms with Gasteiger partial charge in [-0.05, 0) is 48.9 Å². The molecule has 4 nitrogen and oxygen atoms in total. The molecular weight excluding hydrogens is 411 g/mol. The highest BCUT2D eigenvalue weighted by Crippen LogP contribution is 2.20. The lowest BCUT2D eigenvalue weighted by atomic mass is 9.98. The van der Waals surface area contributed by atoms with Gasteiger partial charge >= 0.3 is 0 Å². The van der Waals surface area contributed by atoms with Crippen LogP contribution in [0, 0.1) is 11.8 Å². The lowest BCUT2D eigenvalue weighted by Gasteiger charge is -2.30. The van der Waals surface area contributed by atoms with Gasteiger partial charge in [0, 0.05) is 13.1 Å². The fourth-order valence-corrected chi connectivity index (χ4v) is 2.86. The zero-order chi connectivity index (χ0) is 16.7. The zero-order valence-corrected chi connectivity index (χ0v) is 17.6. The number of benzene rings is 1. The van der Waals surface area contributed by atoms with Crippen molar-refractivity contribution in [2.75, 3.05) is 19.6 Å². The smallest absolute Gasteiger partial charge is 0.188 e. The standard InChI is InChI=1S/C19H32N4.HI/c1-15(2)12-21-19(20)22-13-17-6-4-5-7-18(17)14-23-10-8-16(3)9-11-23;/h4-7,15-16H,8-14H2,1-3H3,(H3,20,21,22);1H. The molecule has 0 atom stereocenters. The van der Waals surface area contributed by atoms with Crippen LogP contribution in [0.15, 0.2) is 29.3 Å². The van der Waals surface area contributed by atoms with Gasteiger partial charge in [0.1, 0.15) is 0 Å². The molecule has 0 saturated carbocycles. The van der Waals surface area contributed by atoms with E-state index in [1.54, 1.807) is 0 Å². The molecule has 0 radical (unpaired) electrons. The van der Waals surface area contributed by atoms with E-state index in [1.165, 1.54) is 37.1 Å². The maximum absolute atomic E-state index is 5.95. The van der Waals surface area contributed by atoms with Crippen LogP contribution in [0.5, 0.6) is 0 Å². The van der Waals surface area contributed by atoms with Crippen molar-refractivity contribution in [3.05, 3.63) is 35.4 Å². The molecule has 0 bridgehead atoms. The molecule has 24 heavy (non-hydrogen) atoms. The average Bonchev–Trinajstić information content (AvgIpc) is 2.54. The first-order valence-electron chi connectivity index (χ1n) is 8.87.